The molecule has 0 aliphatic carbocycles. The van der Waals surface area contributed by atoms with Gasteiger partial charge >= 0.3 is 0 Å². The highest BCUT2D eigenvalue weighted by Crippen LogP contribution is 2.12. The Balaban J connectivity index is 1.93. The third-order valence-corrected chi connectivity index (χ3v) is 2.85. The zero-order valence-electron chi connectivity index (χ0n) is 12.1. The predicted octanol–water partition coefficient (Wildman–Crippen LogP) is 2.54. The molecule has 5 nitrogen and oxygen atoms in total. The summed E-state index contributed by atoms with van der Waals surface area (Å²) >= 11 is 0. The van der Waals surface area contributed by atoms with Crippen molar-refractivity contribution in [3.63, 3.8) is 0 Å². The molecule has 0 aliphatic heterocycles. The summed E-state index contributed by atoms with van der Waals surface area (Å²) in [7, 11) is 0. The zero-order valence-corrected chi connectivity index (χ0v) is 12.1. The first-order valence-electron chi connectivity index (χ1n) is 6.83. The number of nitrogens with one attached hydrogen (secondary N) is 2. The summed E-state index contributed by atoms with van der Waals surface area (Å²) in [6.07, 6.45) is 1.41. The molecule has 0 aliphatic rings. The number of pyridine rings is 1. The topological polar surface area (TPSA) is 74.2 Å². The van der Waals surface area contributed by atoms with Gasteiger partial charge in [0, 0.05) is 17.3 Å². The molecule has 0 bridgehead atoms. The van der Waals surface area contributed by atoms with E-state index in [0.29, 0.717) is 12.1 Å². The molecule has 0 saturated heterocycles. The molecule has 0 fully saturated rings. The van der Waals surface area contributed by atoms with E-state index in [1.54, 1.807) is 24.3 Å². The standard InChI is InChI=1S/C16H19N3O2/c1-11(2)19-16(21)12-3-5-13(6-4-12)17-9-14-7-8-15(20)10-18-14/h3-8,10-11,17,20H,9H2,1-2H3,(H,19,21). The van der Waals surface area contributed by atoms with Crippen LogP contribution >= 0.6 is 0 Å². The van der Waals surface area contributed by atoms with Crippen molar-refractivity contribution in [3.8, 4) is 5.75 Å². The van der Waals surface area contributed by atoms with E-state index in [1.807, 2.05) is 26.0 Å². The molecule has 0 radical (unpaired) electrons. The monoisotopic (exact) mass is 285 g/mol. The van der Waals surface area contributed by atoms with Gasteiger partial charge in [0.25, 0.3) is 5.91 Å². The number of anilines is 1. The molecule has 0 atom stereocenters. The normalized spacial score (nSPS) is 10.4. The third kappa shape index (κ3) is 4.49. The van der Waals surface area contributed by atoms with Crippen molar-refractivity contribution in [2.24, 2.45) is 0 Å². The second-order valence-corrected chi connectivity index (χ2v) is 5.07. The molecule has 2 rings (SSSR count). The predicted molar refractivity (Wildman–Crippen MR) is 82.3 cm³/mol. The van der Waals surface area contributed by atoms with Gasteiger partial charge in [0.05, 0.1) is 18.4 Å². The maximum absolute atomic E-state index is 11.8. The summed E-state index contributed by atoms with van der Waals surface area (Å²) in [5.41, 5.74) is 2.37. The summed E-state index contributed by atoms with van der Waals surface area (Å²) in [6.45, 7) is 4.41. The Labute approximate surface area is 124 Å². The lowest BCUT2D eigenvalue weighted by Crippen LogP contribution is -2.29. The molecule has 1 aromatic heterocycles. The highest BCUT2D eigenvalue weighted by Gasteiger charge is 2.06. The summed E-state index contributed by atoms with van der Waals surface area (Å²) in [6, 6.07) is 10.8. The van der Waals surface area contributed by atoms with Crippen LogP contribution in [0.5, 0.6) is 5.75 Å². The highest BCUT2D eigenvalue weighted by atomic mass is 16.3. The first-order chi connectivity index (χ1) is 10.0. The molecule has 1 aromatic carbocycles. The van der Waals surface area contributed by atoms with Crippen LogP contribution < -0.4 is 10.6 Å². The molecule has 110 valence electrons. The molecule has 1 amide bonds. The molecule has 5 heteroatoms. The minimum Gasteiger partial charge on any atom is -0.506 e. The van der Waals surface area contributed by atoms with Gasteiger partial charge in [0.15, 0.2) is 0 Å². The lowest BCUT2D eigenvalue weighted by atomic mass is 10.2. The number of hydrogen-bond donors (Lipinski definition) is 3. The van der Waals surface area contributed by atoms with Gasteiger partial charge in [-0.25, -0.2) is 0 Å². The largest absolute Gasteiger partial charge is 0.506 e. The van der Waals surface area contributed by atoms with E-state index in [1.165, 1.54) is 6.20 Å². The van der Waals surface area contributed by atoms with Crippen LogP contribution in [-0.4, -0.2) is 22.0 Å². The zero-order chi connectivity index (χ0) is 15.2. The molecule has 2 aromatic rings. The SMILES string of the molecule is CC(C)NC(=O)c1ccc(NCc2ccc(O)cn2)cc1. The number of benzene rings is 1. The van der Waals surface area contributed by atoms with E-state index in [0.717, 1.165) is 11.4 Å². The second-order valence-electron chi connectivity index (χ2n) is 5.07. The van der Waals surface area contributed by atoms with Gasteiger partial charge in [0.1, 0.15) is 5.75 Å². The Morgan fingerprint density at radius 3 is 2.48 bits per heavy atom. The molecule has 0 saturated carbocycles. The summed E-state index contributed by atoms with van der Waals surface area (Å²) < 4.78 is 0. The maximum atomic E-state index is 11.8. The van der Waals surface area contributed by atoms with Gasteiger partial charge in [-0.2, -0.15) is 0 Å². The molecule has 1 heterocycles. The number of carbonyl (C=O) groups excluding carboxylic acids is 1. The molecule has 3 N–H and O–H groups in total. The first kappa shape index (κ1) is 14.8. The van der Waals surface area contributed by atoms with E-state index in [4.69, 9.17) is 5.11 Å². The quantitative estimate of drug-likeness (QED) is 0.789. The van der Waals surface area contributed by atoms with Crippen molar-refractivity contribution in [2.75, 3.05) is 5.32 Å². The van der Waals surface area contributed by atoms with Crippen LogP contribution in [0.1, 0.15) is 29.9 Å². The van der Waals surface area contributed by atoms with Crippen LogP contribution in [0.25, 0.3) is 0 Å². The fraction of sp³-hybridized carbons (Fsp3) is 0.250. The van der Waals surface area contributed by atoms with Gasteiger partial charge in [-0.3, -0.25) is 9.78 Å². The minimum absolute atomic E-state index is 0.0725. The third-order valence-electron chi connectivity index (χ3n) is 2.85. The van der Waals surface area contributed by atoms with Crippen molar-refractivity contribution >= 4 is 11.6 Å². The number of aromatic hydroxyl groups is 1. The Kier molecular flexibility index (Phi) is 4.77. The molecule has 0 spiro atoms. The number of aromatic nitrogens is 1. The first-order valence-corrected chi connectivity index (χ1v) is 6.83. The lowest BCUT2D eigenvalue weighted by Gasteiger charge is -2.10. The number of hydrogen-bond acceptors (Lipinski definition) is 4. The molecule has 0 unspecified atom stereocenters. The van der Waals surface area contributed by atoms with Crippen molar-refractivity contribution in [1.29, 1.82) is 0 Å². The van der Waals surface area contributed by atoms with Crippen LogP contribution in [0.4, 0.5) is 5.69 Å². The van der Waals surface area contributed by atoms with E-state index >= 15 is 0 Å². The Hall–Kier alpha value is -2.56. The van der Waals surface area contributed by atoms with Crippen molar-refractivity contribution < 1.29 is 9.90 Å². The summed E-state index contributed by atoms with van der Waals surface area (Å²) in [5, 5.41) is 15.2. The molecular weight excluding hydrogens is 266 g/mol. The van der Waals surface area contributed by atoms with Crippen LogP contribution in [-0.2, 0) is 6.54 Å². The average Bonchev–Trinajstić information content (AvgIpc) is 2.46. The van der Waals surface area contributed by atoms with Crippen molar-refractivity contribution in [2.45, 2.75) is 26.4 Å². The Morgan fingerprint density at radius 2 is 1.90 bits per heavy atom. The number of carbonyl (C=O) groups is 1. The Bertz CT molecular complexity index is 592. The van der Waals surface area contributed by atoms with Gasteiger partial charge < -0.3 is 15.7 Å². The Morgan fingerprint density at radius 1 is 1.19 bits per heavy atom. The summed E-state index contributed by atoms with van der Waals surface area (Å²) in [5.74, 6) is 0.0796. The van der Waals surface area contributed by atoms with Gasteiger partial charge in [-0.05, 0) is 50.2 Å². The lowest BCUT2D eigenvalue weighted by molar-refractivity contribution is 0.0943. The van der Waals surface area contributed by atoms with E-state index in [9.17, 15) is 4.79 Å². The van der Waals surface area contributed by atoms with Gasteiger partial charge in [0.2, 0.25) is 0 Å². The maximum Gasteiger partial charge on any atom is 0.251 e. The average molecular weight is 285 g/mol. The van der Waals surface area contributed by atoms with Gasteiger partial charge in [-0.1, -0.05) is 0 Å². The summed E-state index contributed by atoms with van der Waals surface area (Å²) in [4.78, 5) is 15.9. The van der Waals surface area contributed by atoms with Crippen LogP contribution in [0.15, 0.2) is 42.6 Å². The van der Waals surface area contributed by atoms with E-state index in [-0.39, 0.29) is 17.7 Å². The van der Waals surface area contributed by atoms with Crippen LogP contribution in [0.3, 0.4) is 0 Å². The van der Waals surface area contributed by atoms with E-state index in [2.05, 4.69) is 15.6 Å². The number of amides is 1. The van der Waals surface area contributed by atoms with Gasteiger partial charge in [-0.15, -0.1) is 0 Å². The van der Waals surface area contributed by atoms with Crippen LogP contribution in [0.2, 0.25) is 0 Å². The van der Waals surface area contributed by atoms with Crippen molar-refractivity contribution in [1.82, 2.24) is 10.3 Å². The van der Waals surface area contributed by atoms with Crippen LogP contribution in [0, 0.1) is 0 Å². The molecular formula is C16H19N3O2. The number of nitrogens with zero attached hydrogens (tertiary/aromatic N) is 1. The van der Waals surface area contributed by atoms with Crippen molar-refractivity contribution in [3.05, 3.63) is 53.9 Å². The smallest absolute Gasteiger partial charge is 0.251 e. The van der Waals surface area contributed by atoms with E-state index < -0.39 is 0 Å². The highest BCUT2D eigenvalue weighted by molar-refractivity contribution is 5.94. The number of rotatable bonds is 5. The second kappa shape index (κ2) is 6.74. The fourth-order valence-electron chi connectivity index (χ4n) is 1.80. The molecule has 21 heavy (non-hydrogen) atoms. The minimum atomic E-state index is -0.0725. The fourth-order valence-corrected chi connectivity index (χ4v) is 1.80.